The van der Waals surface area contributed by atoms with Crippen molar-refractivity contribution in [2.75, 3.05) is 48.6 Å². The number of carboxylic acid groups (broad SMARTS) is 1. The minimum Gasteiger partial charge on any atom is -0.480 e. The number of carbonyl (C=O) groups excluding carboxylic acids is 3. The van der Waals surface area contributed by atoms with Gasteiger partial charge < -0.3 is 25.4 Å². The van der Waals surface area contributed by atoms with Crippen molar-refractivity contribution in [1.29, 1.82) is 0 Å². The number of amides is 3. The van der Waals surface area contributed by atoms with E-state index in [0.717, 1.165) is 24.0 Å². The van der Waals surface area contributed by atoms with Gasteiger partial charge in [0.2, 0.25) is 0 Å². The van der Waals surface area contributed by atoms with Crippen LogP contribution in [0.4, 0.5) is 43.8 Å². The number of hydrogen-bond donors (Lipinski definition) is 3. The Hall–Kier alpha value is -5.38. The highest BCUT2D eigenvalue weighted by Crippen LogP contribution is 2.32. The molecule has 2 aromatic carbocycles. The van der Waals surface area contributed by atoms with Crippen LogP contribution < -0.4 is 20.4 Å². The first-order valence-corrected chi connectivity index (χ1v) is 17.1. The number of aliphatic carboxylic acids is 1. The SMILES string of the molecule is C=CCF.CC.CC.Cc1cc(N2CCOC[C@@H]2C(C)(F)F)cc(F)c1C(=O)N[C@@H](Cc1ccc(NC(=O)N(C)c2cnccc2C=O)c(F)c1)C(=O)O. The maximum absolute atomic E-state index is 15.3. The third-order valence-electron chi connectivity index (χ3n) is 7.60. The predicted molar refractivity (Wildman–Crippen MR) is 199 cm³/mol. The molecule has 3 N–H and O–H groups in total. The summed E-state index contributed by atoms with van der Waals surface area (Å²) < 4.78 is 74.4. The Kier molecular flexibility index (Phi) is 19.6. The summed E-state index contributed by atoms with van der Waals surface area (Å²) >= 11 is 0. The van der Waals surface area contributed by atoms with Gasteiger partial charge in [0.15, 0.2) is 6.29 Å². The second-order valence-corrected chi connectivity index (χ2v) is 11.2. The zero-order valence-corrected chi connectivity index (χ0v) is 31.4. The number of carbonyl (C=O) groups is 4. The molecular weight excluding hydrogens is 717 g/mol. The normalized spacial score (nSPS) is 13.9. The lowest BCUT2D eigenvalue weighted by Crippen LogP contribution is -2.54. The standard InChI is InChI=1S/C31H31F4N5O6.C3H5F.2C2H6/c1-17-10-20(40-8-9-46-16-26(40)31(2,34)35)13-22(33)27(17)28(42)37-24(29(43)44)12-18-4-5-23(21(32)11-18)38-30(45)39(3)25-14-36-7-6-19(25)15-41;1-2-3-4;2*1-2/h4-7,10-11,13-15,24,26H,8-9,12,16H2,1-3H3,(H,37,42)(H,38,45)(H,43,44);2H,1,3H2;2*1-2H3/t24-,26+;;;/m0.../s1. The maximum Gasteiger partial charge on any atom is 0.326 e. The van der Waals surface area contributed by atoms with Crippen LogP contribution in [0.25, 0.3) is 0 Å². The summed E-state index contributed by atoms with van der Waals surface area (Å²) in [7, 11) is 1.35. The van der Waals surface area contributed by atoms with E-state index in [2.05, 4.69) is 22.2 Å². The molecule has 16 heteroatoms. The summed E-state index contributed by atoms with van der Waals surface area (Å²) in [5, 5.41) is 14.4. The molecule has 54 heavy (non-hydrogen) atoms. The van der Waals surface area contributed by atoms with Gasteiger partial charge in [0.05, 0.1) is 36.3 Å². The molecule has 1 aromatic heterocycles. The molecule has 0 unspecified atom stereocenters. The van der Waals surface area contributed by atoms with Gasteiger partial charge in [-0.05, 0) is 48.4 Å². The van der Waals surface area contributed by atoms with E-state index < -0.39 is 66.2 Å². The average molecular weight is 766 g/mol. The second-order valence-electron chi connectivity index (χ2n) is 11.2. The zero-order valence-electron chi connectivity index (χ0n) is 31.4. The van der Waals surface area contributed by atoms with Gasteiger partial charge in [-0.15, -0.1) is 6.58 Å². The van der Waals surface area contributed by atoms with Crippen molar-refractivity contribution in [2.24, 2.45) is 0 Å². The third kappa shape index (κ3) is 12.9. The van der Waals surface area contributed by atoms with Crippen LogP contribution in [0.5, 0.6) is 0 Å². The molecule has 0 aliphatic carbocycles. The van der Waals surface area contributed by atoms with Crippen molar-refractivity contribution < 1.29 is 51.0 Å². The summed E-state index contributed by atoms with van der Waals surface area (Å²) in [5.41, 5.74) is -0.00157. The molecule has 1 saturated heterocycles. The van der Waals surface area contributed by atoms with Crippen molar-refractivity contribution in [1.82, 2.24) is 10.3 Å². The van der Waals surface area contributed by atoms with E-state index in [0.29, 0.717) is 6.29 Å². The van der Waals surface area contributed by atoms with Gasteiger partial charge in [0, 0.05) is 44.4 Å². The number of nitrogens with one attached hydrogen (secondary N) is 2. The summed E-state index contributed by atoms with van der Waals surface area (Å²) in [6, 6.07) is 3.48. The lowest BCUT2D eigenvalue weighted by Gasteiger charge is -2.40. The zero-order chi connectivity index (χ0) is 41.2. The molecule has 0 bridgehead atoms. The van der Waals surface area contributed by atoms with Crippen LogP contribution in [0.15, 0.2) is 61.4 Å². The third-order valence-corrected chi connectivity index (χ3v) is 7.60. The number of allylic oxidation sites excluding steroid dienone is 1. The minimum atomic E-state index is -3.16. The molecule has 11 nitrogen and oxygen atoms in total. The highest BCUT2D eigenvalue weighted by molar-refractivity contribution is 6.04. The van der Waals surface area contributed by atoms with Gasteiger partial charge in [0.25, 0.3) is 11.8 Å². The molecule has 1 fully saturated rings. The Bertz CT molecular complexity index is 1700. The highest BCUT2D eigenvalue weighted by atomic mass is 19.3. The number of aryl methyl sites for hydroxylation is 1. The minimum absolute atomic E-state index is 0.0704. The molecule has 1 aliphatic rings. The quantitative estimate of drug-likeness (QED) is 0.103. The van der Waals surface area contributed by atoms with Crippen molar-refractivity contribution >= 4 is 41.3 Å². The van der Waals surface area contributed by atoms with Gasteiger partial charge in [-0.1, -0.05) is 39.8 Å². The Morgan fingerprint density at radius 1 is 1.13 bits per heavy atom. The number of ether oxygens (including phenoxy) is 1. The van der Waals surface area contributed by atoms with E-state index >= 15 is 4.39 Å². The van der Waals surface area contributed by atoms with E-state index in [-0.39, 0.29) is 53.5 Å². The van der Waals surface area contributed by atoms with Crippen LogP contribution in [-0.2, 0) is 16.0 Å². The number of morpholine rings is 1. The summed E-state index contributed by atoms with van der Waals surface area (Å²) in [4.78, 5) is 55.2. The van der Waals surface area contributed by atoms with Crippen molar-refractivity contribution in [3.8, 4) is 0 Å². The van der Waals surface area contributed by atoms with Gasteiger partial charge in [0.1, 0.15) is 30.4 Å². The molecule has 0 radical (unpaired) electrons. The van der Waals surface area contributed by atoms with Gasteiger partial charge >= 0.3 is 12.0 Å². The molecule has 0 spiro atoms. The Balaban J connectivity index is 0.00000168. The Morgan fingerprint density at radius 3 is 2.31 bits per heavy atom. The largest absolute Gasteiger partial charge is 0.480 e. The Morgan fingerprint density at radius 2 is 1.78 bits per heavy atom. The van der Waals surface area contributed by atoms with E-state index in [1.54, 1.807) is 0 Å². The fourth-order valence-electron chi connectivity index (χ4n) is 5.05. The average Bonchev–Trinajstić information content (AvgIpc) is 3.16. The molecule has 1 aliphatic heterocycles. The lowest BCUT2D eigenvalue weighted by atomic mass is 10.0. The van der Waals surface area contributed by atoms with E-state index in [1.807, 2.05) is 27.7 Å². The number of carboxylic acids is 1. The number of anilines is 3. The fourth-order valence-corrected chi connectivity index (χ4v) is 5.05. The molecule has 0 saturated carbocycles. The number of nitrogens with zero attached hydrogens (tertiary/aromatic N) is 3. The molecule has 296 valence electrons. The molecule has 3 aromatic rings. The topological polar surface area (TPSA) is 141 Å². The number of rotatable bonds is 11. The number of aldehydes is 1. The number of hydrogen-bond acceptors (Lipinski definition) is 7. The first kappa shape index (κ1) is 46.6. The van der Waals surface area contributed by atoms with Gasteiger partial charge in [-0.25, -0.2) is 31.5 Å². The summed E-state index contributed by atoms with van der Waals surface area (Å²) in [6.07, 6.45) is 4.01. The molecule has 3 amide bonds. The van der Waals surface area contributed by atoms with E-state index in [1.165, 1.54) is 61.6 Å². The van der Waals surface area contributed by atoms with Crippen LogP contribution >= 0.6 is 0 Å². The number of pyridine rings is 1. The van der Waals surface area contributed by atoms with Crippen LogP contribution in [0.3, 0.4) is 0 Å². The monoisotopic (exact) mass is 765 g/mol. The van der Waals surface area contributed by atoms with Crippen LogP contribution in [0, 0.1) is 18.6 Å². The summed E-state index contributed by atoms with van der Waals surface area (Å²) in [5.74, 6) is -7.65. The molecule has 4 rings (SSSR count). The van der Waals surface area contributed by atoms with Gasteiger partial charge in [-0.2, -0.15) is 0 Å². The van der Waals surface area contributed by atoms with E-state index in [4.69, 9.17) is 4.74 Å². The fraction of sp³-hybridized carbons (Fsp3) is 0.395. The Labute approximate surface area is 312 Å². The summed E-state index contributed by atoms with van der Waals surface area (Å²) in [6.45, 7) is 12.8. The highest BCUT2D eigenvalue weighted by Gasteiger charge is 2.41. The first-order valence-electron chi connectivity index (χ1n) is 17.1. The molecule has 2 atom stereocenters. The second kappa shape index (κ2) is 22.6. The van der Waals surface area contributed by atoms with Crippen molar-refractivity contribution in [3.05, 3.63) is 95.3 Å². The number of benzene rings is 2. The number of halogens is 5. The molecule has 2 heterocycles. The maximum atomic E-state index is 15.3. The van der Waals surface area contributed by atoms with Crippen LogP contribution in [0.1, 0.15) is 66.5 Å². The van der Waals surface area contributed by atoms with Crippen molar-refractivity contribution in [3.63, 3.8) is 0 Å². The molecular formula is C38H48F5N5O6. The van der Waals surface area contributed by atoms with E-state index in [9.17, 15) is 41.8 Å². The number of aromatic nitrogens is 1. The first-order chi connectivity index (χ1) is 25.6. The number of alkyl halides is 3. The van der Waals surface area contributed by atoms with Crippen LogP contribution in [0.2, 0.25) is 0 Å². The van der Waals surface area contributed by atoms with Gasteiger partial charge in [-0.3, -0.25) is 19.5 Å². The van der Waals surface area contributed by atoms with Crippen LogP contribution in [-0.4, -0.2) is 85.8 Å². The lowest BCUT2D eigenvalue weighted by molar-refractivity contribution is -0.139. The number of urea groups is 1. The smallest absolute Gasteiger partial charge is 0.326 e. The predicted octanol–water partition coefficient (Wildman–Crippen LogP) is 7.63. The van der Waals surface area contributed by atoms with Crippen molar-refractivity contribution in [2.45, 2.75) is 66.0 Å².